The van der Waals surface area contributed by atoms with Crippen molar-refractivity contribution in [1.82, 2.24) is 4.90 Å². The van der Waals surface area contributed by atoms with Gasteiger partial charge in [0, 0.05) is 30.5 Å². The van der Waals surface area contributed by atoms with Crippen molar-refractivity contribution in [2.24, 2.45) is 17.1 Å². The van der Waals surface area contributed by atoms with Gasteiger partial charge in [0.2, 0.25) is 5.91 Å². The minimum absolute atomic E-state index is 0.160. The van der Waals surface area contributed by atoms with Gasteiger partial charge in [-0.05, 0) is 32.6 Å². The second kappa shape index (κ2) is 4.19. The quantitative estimate of drug-likeness (QED) is 0.783. The Labute approximate surface area is 115 Å². The van der Waals surface area contributed by atoms with Crippen LogP contribution in [0.25, 0.3) is 0 Å². The summed E-state index contributed by atoms with van der Waals surface area (Å²) in [6.45, 7) is 8.01. The number of nitrogens with zero attached hydrogens (tertiary/aromatic N) is 1. The number of fused-ring (bicyclic) bond motifs is 1. The van der Waals surface area contributed by atoms with E-state index in [-0.39, 0.29) is 23.3 Å². The highest BCUT2D eigenvalue weighted by molar-refractivity contribution is 5.90. The van der Waals surface area contributed by atoms with Gasteiger partial charge >= 0.3 is 0 Å². The Kier molecular flexibility index (Phi) is 2.95. The topological polar surface area (TPSA) is 55.6 Å². The standard InChI is InChI=1S/C15H26N2O2/c1-10-6-4-8-17(10)13(18)15(16)11-7-5-9-19-12(11)14(15,2)3/h10-12H,4-9,16H2,1-3H3. The van der Waals surface area contributed by atoms with E-state index in [0.29, 0.717) is 6.04 Å². The van der Waals surface area contributed by atoms with Gasteiger partial charge in [0.15, 0.2) is 0 Å². The van der Waals surface area contributed by atoms with Crippen LogP contribution in [0.3, 0.4) is 0 Å². The highest BCUT2D eigenvalue weighted by atomic mass is 16.5. The van der Waals surface area contributed by atoms with Crippen molar-refractivity contribution < 1.29 is 9.53 Å². The number of nitrogens with two attached hydrogens (primary N) is 1. The summed E-state index contributed by atoms with van der Waals surface area (Å²) >= 11 is 0. The van der Waals surface area contributed by atoms with Gasteiger partial charge in [-0.1, -0.05) is 13.8 Å². The zero-order chi connectivity index (χ0) is 13.8. The lowest BCUT2D eigenvalue weighted by Crippen LogP contribution is -2.82. The van der Waals surface area contributed by atoms with Crippen LogP contribution in [0.1, 0.15) is 46.5 Å². The van der Waals surface area contributed by atoms with Crippen LogP contribution in [0.15, 0.2) is 0 Å². The van der Waals surface area contributed by atoms with E-state index in [4.69, 9.17) is 10.5 Å². The summed E-state index contributed by atoms with van der Waals surface area (Å²) < 4.78 is 5.88. The first-order valence-electron chi connectivity index (χ1n) is 7.62. The monoisotopic (exact) mass is 266 g/mol. The van der Waals surface area contributed by atoms with Crippen molar-refractivity contribution in [3.63, 3.8) is 0 Å². The van der Waals surface area contributed by atoms with E-state index in [1.807, 2.05) is 4.90 Å². The molecule has 0 aromatic heterocycles. The average molecular weight is 266 g/mol. The molecule has 2 heterocycles. The molecule has 0 aromatic rings. The fraction of sp³-hybridized carbons (Fsp3) is 0.933. The highest BCUT2D eigenvalue weighted by Crippen LogP contribution is 2.58. The molecule has 2 saturated heterocycles. The molecule has 0 bridgehead atoms. The molecule has 0 radical (unpaired) electrons. The van der Waals surface area contributed by atoms with E-state index >= 15 is 0 Å². The minimum Gasteiger partial charge on any atom is -0.377 e. The van der Waals surface area contributed by atoms with E-state index in [2.05, 4.69) is 20.8 Å². The van der Waals surface area contributed by atoms with Gasteiger partial charge in [0.25, 0.3) is 0 Å². The van der Waals surface area contributed by atoms with E-state index in [1.54, 1.807) is 0 Å². The Morgan fingerprint density at radius 3 is 2.68 bits per heavy atom. The van der Waals surface area contributed by atoms with Gasteiger partial charge in [0.05, 0.1) is 6.10 Å². The van der Waals surface area contributed by atoms with Crippen LogP contribution < -0.4 is 5.73 Å². The van der Waals surface area contributed by atoms with Crippen LogP contribution >= 0.6 is 0 Å². The first-order valence-corrected chi connectivity index (χ1v) is 7.62. The van der Waals surface area contributed by atoms with Crippen LogP contribution in [-0.2, 0) is 9.53 Å². The number of hydrogen-bond donors (Lipinski definition) is 1. The third-order valence-electron chi connectivity index (χ3n) is 5.85. The smallest absolute Gasteiger partial charge is 0.243 e. The molecule has 4 heteroatoms. The van der Waals surface area contributed by atoms with Crippen molar-refractivity contribution in [2.45, 2.75) is 64.1 Å². The van der Waals surface area contributed by atoms with Crippen LogP contribution in [0, 0.1) is 11.3 Å². The molecule has 108 valence electrons. The maximum Gasteiger partial charge on any atom is 0.243 e. The van der Waals surface area contributed by atoms with Gasteiger partial charge in [-0.25, -0.2) is 0 Å². The zero-order valence-corrected chi connectivity index (χ0v) is 12.3. The lowest BCUT2D eigenvalue weighted by Gasteiger charge is -2.65. The largest absolute Gasteiger partial charge is 0.377 e. The lowest BCUT2D eigenvalue weighted by molar-refractivity contribution is -0.230. The minimum atomic E-state index is -0.726. The number of carbonyl (C=O) groups is 1. The van der Waals surface area contributed by atoms with Crippen molar-refractivity contribution in [3.8, 4) is 0 Å². The van der Waals surface area contributed by atoms with Crippen LogP contribution in [0.2, 0.25) is 0 Å². The number of amides is 1. The number of ether oxygens (including phenoxy) is 1. The van der Waals surface area contributed by atoms with Gasteiger partial charge in [0.1, 0.15) is 5.54 Å². The Bertz CT molecular complexity index is 396. The fourth-order valence-electron chi connectivity index (χ4n) is 4.48. The summed E-state index contributed by atoms with van der Waals surface area (Å²) in [5.41, 5.74) is 5.67. The first-order chi connectivity index (χ1) is 8.90. The second-order valence-electron chi connectivity index (χ2n) is 7.12. The van der Waals surface area contributed by atoms with Crippen molar-refractivity contribution >= 4 is 5.91 Å². The normalized spacial score (nSPS) is 44.6. The van der Waals surface area contributed by atoms with Crippen molar-refractivity contribution in [2.75, 3.05) is 13.2 Å². The van der Waals surface area contributed by atoms with Crippen LogP contribution in [0.4, 0.5) is 0 Å². The molecule has 1 aliphatic carbocycles. The van der Waals surface area contributed by atoms with Crippen LogP contribution in [-0.4, -0.2) is 41.6 Å². The van der Waals surface area contributed by atoms with Crippen molar-refractivity contribution in [3.05, 3.63) is 0 Å². The number of likely N-dealkylation sites (tertiary alicyclic amines) is 1. The molecule has 0 aromatic carbocycles. The Balaban J connectivity index is 1.87. The maximum atomic E-state index is 13.0. The van der Waals surface area contributed by atoms with Crippen molar-refractivity contribution in [1.29, 1.82) is 0 Å². The molecule has 1 saturated carbocycles. The molecule has 2 aliphatic heterocycles. The molecule has 0 spiro atoms. The number of carbonyl (C=O) groups excluding carboxylic acids is 1. The van der Waals surface area contributed by atoms with Gasteiger partial charge in [-0.2, -0.15) is 0 Å². The summed E-state index contributed by atoms with van der Waals surface area (Å²) in [5.74, 6) is 0.366. The van der Waals surface area contributed by atoms with E-state index in [9.17, 15) is 4.79 Å². The Morgan fingerprint density at radius 2 is 2.05 bits per heavy atom. The highest BCUT2D eigenvalue weighted by Gasteiger charge is 2.71. The SMILES string of the molecule is CC1CCCN1C(=O)C1(N)C2CCCOC2C1(C)C. The molecular formula is C15H26N2O2. The summed E-state index contributed by atoms with van der Waals surface area (Å²) in [4.78, 5) is 15.0. The lowest BCUT2D eigenvalue weighted by atomic mass is 9.46. The molecule has 4 nitrogen and oxygen atoms in total. The first kappa shape index (κ1) is 13.4. The molecule has 3 aliphatic rings. The zero-order valence-electron chi connectivity index (χ0n) is 12.3. The third-order valence-corrected chi connectivity index (χ3v) is 5.85. The predicted molar refractivity (Wildman–Crippen MR) is 73.6 cm³/mol. The summed E-state index contributed by atoms with van der Waals surface area (Å²) in [5, 5.41) is 0. The van der Waals surface area contributed by atoms with E-state index in [1.165, 1.54) is 0 Å². The summed E-state index contributed by atoms with van der Waals surface area (Å²) in [6, 6.07) is 0.340. The van der Waals surface area contributed by atoms with E-state index < -0.39 is 5.54 Å². The molecule has 3 rings (SSSR count). The summed E-state index contributed by atoms with van der Waals surface area (Å²) in [7, 11) is 0. The maximum absolute atomic E-state index is 13.0. The molecular weight excluding hydrogens is 240 g/mol. The molecule has 3 fully saturated rings. The Morgan fingerprint density at radius 1 is 1.32 bits per heavy atom. The Hall–Kier alpha value is -0.610. The number of hydrogen-bond acceptors (Lipinski definition) is 3. The molecule has 1 amide bonds. The third kappa shape index (κ3) is 1.56. The molecule has 4 atom stereocenters. The fourth-order valence-corrected chi connectivity index (χ4v) is 4.48. The number of rotatable bonds is 1. The molecule has 2 N–H and O–H groups in total. The van der Waals surface area contributed by atoms with Crippen LogP contribution in [0.5, 0.6) is 0 Å². The van der Waals surface area contributed by atoms with Gasteiger partial charge in [-0.3, -0.25) is 4.79 Å². The summed E-state index contributed by atoms with van der Waals surface area (Å²) in [6.07, 6.45) is 4.42. The molecule has 4 unspecified atom stereocenters. The van der Waals surface area contributed by atoms with Gasteiger partial charge < -0.3 is 15.4 Å². The average Bonchev–Trinajstić information content (AvgIpc) is 2.83. The van der Waals surface area contributed by atoms with Gasteiger partial charge in [-0.15, -0.1) is 0 Å². The molecule has 19 heavy (non-hydrogen) atoms. The second-order valence-corrected chi connectivity index (χ2v) is 7.12. The van der Waals surface area contributed by atoms with E-state index in [0.717, 1.165) is 38.8 Å². The predicted octanol–water partition coefficient (Wildman–Crippen LogP) is 1.53.